The van der Waals surface area contributed by atoms with Gasteiger partial charge in [0.25, 0.3) is 0 Å². The van der Waals surface area contributed by atoms with Gasteiger partial charge in [-0.15, -0.1) is 0 Å². The van der Waals surface area contributed by atoms with Gasteiger partial charge in [-0.25, -0.2) is 9.48 Å². The lowest BCUT2D eigenvalue weighted by Gasteiger charge is -2.10. The molecular weight excluding hydrogens is 400 g/mol. The summed E-state index contributed by atoms with van der Waals surface area (Å²) < 4.78 is 6.88. The standard InChI is InChI=1S/C24H25ClN2O3/c1-4-17-11-12-19(5-2)20(13-17)21(28)15-30-24(29)22-16(3)26-27(23(22)25)14-18-9-7-6-8-10-18/h6-13H,4-5,14-15H2,1-3H3. The van der Waals surface area contributed by atoms with Crippen LogP contribution in [-0.2, 0) is 24.1 Å². The molecule has 0 unspecified atom stereocenters. The Kier molecular flexibility index (Phi) is 7.06. The minimum absolute atomic E-state index is 0.193. The number of carbonyl (C=O) groups excluding carboxylic acids is 2. The van der Waals surface area contributed by atoms with Gasteiger partial charge < -0.3 is 4.74 Å². The molecule has 0 bridgehead atoms. The second-order valence-corrected chi connectivity index (χ2v) is 7.45. The molecule has 0 fully saturated rings. The number of benzene rings is 2. The molecule has 6 heteroatoms. The van der Waals surface area contributed by atoms with E-state index in [1.165, 1.54) is 0 Å². The second-order valence-electron chi connectivity index (χ2n) is 7.09. The van der Waals surface area contributed by atoms with Crippen molar-refractivity contribution >= 4 is 23.4 Å². The van der Waals surface area contributed by atoms with E-state index < -0.39 is 5.97 Å². The van der Waals surface area contributed by atoms with Crippen LogP contribution in [0.1, 0.15) is 56.9 Å². The number of aromatic nitrogens is 2. The monoisotopic (exact) mass is 424 g/mol. The van der Waals surface area contributed by atoms with Gasteiger partial charge in [0.05, 0.1) is 12.2 Å². The summed E-state index contributed by atoms with van der Waals surface area (Å²) in [6, 6.07) is 15.6. The zero-order chi connectivity index (χ0) is 21.7. The van der Waals surface area contributed by atoms with Crippen LogP contribution in [0.4, 0.5) is 0 Å². The Bertz CT molecular complexity index is 1060. The molecule has 0 N–H and O–H groups in total. The first kappa shape index (κ1) is 21.8. The fourth-order valence-corrected chi connectivity index (χ4v) is 3.65. The fourth-order valence-electron chi connectivity index (χ4n) is 3.34. The summed E-state index contributed by atoms with van der Waals surface area (Å²) >= 11 is 6.41. The first-order chi connectivity index (χ1) is 14.4. The van der Waals surface area contributed by atoms with Gasteiger partial charge in [-0.3, -0.25) is 4.79 Å². The smallest absolute Gasteiger partial charge is 0.343 e. The predicted molar refractivity (Wildman–Crippen MR) is 117 cm³/mol. The summed E-state index contributed by atoms with van der Waals surface area (Å²) in [5, 5.41) is 4.57. The summed E-state index contributed by atoms with van der Waals surface area (Å²) in [6.45, 7) is 5.84. The number of hydrogen-bond acceptors (Lipinski definition) is 4. The third kappa shape index (κ3) is 4.79. The van der Waals surface area contributed by atoms with E-state index in [2.05, 4.69) is 5.10 Å². The molecule has 30 heavy (non-hydrogen) atoms. The molecule has 3 rings (SSSR count). The van der Waals surface area contributed by atoms with Gasteiger partial charge in [0.1, 0.15) is 10.7 Å². The molecule has 0 saturated heterocycles. The van der Waals surface area contributed by atoms with Gasteiger partial charge >= 0.3 is 5.97 Å². The maximum atomic E-state index is 12.7. The molecule has 0 aliphatic heterocycles. The predicted octanol–water partition coefficient (Wildman–Crippen LogP) is 5.06. The fraction of sp³-hybridized carbons (Fsp3) is 0.292. The van der Waals surface area contributed by atoms with Gasteiger partial charge in [0, 0.05) is 5.56 Å². The Labute approximate surface area is 181 Å². The summed E-state index contributed by atoms with van der Waals surface area (Å²) in [5.41, 5.74) is 4.29. The normalized spacial score (nSPS) is 10.8. The van der Waals surface area contributed by atoms with Crippen molar-refractivity contribution < 1.29 is 14.3 Å². The van der Waals surface area contributed by atoms with Gasteiger partial charge in [0.15, 0.2) is 6.61 Å². The molecule has 1 heterocycles. The Balaban J connectivity index is 1.73. The maximum Gasteiger partial charge on any atom is 0.343 e. The van der Waals surface area contributed by atoms with E-state index >= 15 is 0 Å². The Morgan fingerprint density at radius 3 is 2.43 bits per heavy atom. The Morgan fingerprint density at radius 2 is 1.77 bits per heavy atom. The summed E-state index contributed by atoms with van der Waals surface area (Å²) in [6.07, 6.45) is 1.57. The molecule has 0 spiro atoms. The lowest BCUT2D eigenvalue weighted by molar-refractivity contribution is 0.0474. The second kappa shape index (κ2) is 9.72. The highest BCUT2D eigenvalue weighted by molar-refractivity contribution is 6.32. The summed E-state index contributed by atoms with van der Waals surface area (Å²) in [4.78, 5) is 25.4. The van der Waals surface area contributed by atoms with Crippen LogP contribution < -0.4 is 0 Å². The van der Waals surface area contributed by atoms with Crippen LogP contribution in [0.25, 0.3) is 0 Å². The van der Waals surface area contributed by atoms with Crippen molar-refractivity contribution in [2.75, 3.05) is 6.61 Å². The van der Waals surface area contributed by atoms with E-state index in [1.54, 1.807) is 11.6 Å². The van der Waals surface area contributed by atoms with E-state index in [9.17, 15) is 9.59 Å². The minimum Gasteiger partial charge on any atom is -0.454 e. The molecular formula is C24H25ClN2O3. The van der Waals surface area contributed by atoms with Crippen LogP contribution in [0.2, 0.25) is 5.15 Å². The number of aryl methyl sites for hydroxylation is 3. The zero-order valence-corrected chi connectivity index (χ0v) is 18.2. The molecule has 0 aliphatic rings. The molecule has 0 atom stereocenters. The van der Waals surface area contributed by atoms with Crippen LogP contribution in [-0.4, -0.2) is 28.1 Å². The van der Waals surface area contributed by atoms with E-state index in [0.717, 1.165) is 29.5 Å². The quantitative estimate of drug-likeness (QED) is 0.374. The average molecular weight is 425 g/mol. The van der Waals surface area contributed by atoms with Crippen LogP contribution in [0.3, 0.4) is 0 Å². The van der Waals surface area contributed by atoms with Crippen LogP contribution in [0.15, 0.2) is 48.5 Å². The van der Waals surface area contributed by atoms with Crippen LogP contribution in [0.5, 0.6) is 0 Å². The number of halogens is 1. The minimum atomic E-state index is -0.644. The number of ether oxygens (including phenoxy) is 1. The highest BCUT2D eigenvalue weighted by Crippen LogP contribution is 2.22. The molecule has 0 saturated carbocycles. The molecule has 3 aromatic rings. The van der Waals surface area contributed by atoms with Gasteiger partial charge in [-0.05, 0) is 42.5 Å². The largest absolute Gasteiger partial charge is 0.454 e. The molecule has 0 amide bonds. The van der Waals surface area contributed by atoms with Crippen LogP contribution >= 0.6 is 11.6 Å². The number of esters is 1. The van der Waals surface area contributed by atoms with E-state index in [1.807, 2.05) is 62.4 Å². The molecule has 156 valence electrons. The third-order valence-corrected chi connectivity index (χ3v) is 5.43. The number of nitrogens with zero attached hydrogens (tertiary/aromatic N) is 2. The Hall–Kier alpha value is -2.92. The number of ketones is 1. The number of Topliss-reactive ketones (excluding diaryl/α,β-unsaturated/α-hetero) is 1. The first-order valence-electron chi connectivity index (χ1n) is 10.0. The maximum absolute atomic E-state index is 12.7. The van der Waals surface area contributed by atoms with Crippen molar-refractivity contribution in [2.45, 2.75) is 40.2 Å². The van der Waals surface area contributed by atoms with Gasteiger partial charge in [0.2, 0.25) is 5.78 Å². The van der Waals surface area contributed by atoms with Gasteiger partial charge in [-0.1, -0.05) is 67.9 Å². The molecule has 2 aromatic carbocycles. The average Bonchev–Trinajstić information content (AvgIpc) is 3.04. The first-order valence-corrected chi connectivity index (χ1v) is 10.4. The molecule has 0 aliphatic carbocycles. The highest BCUT2D eigenvalue weighted by Gasteiger charge is 2.23. The molecule has 1 aromatic heterocycles. The lowest BCUT2D eigenvalue weighted by atomic mass is 9.98. The van der Waals surface area contributed by atoms with Crippen molar-refractivity contribution in [3.05, 3.63) is 87.2 Å². The van der Waals surface area contributed by atoms with E-state index in [-0.39, 0.29) is 23.1 Å². The van der Waals surface area contributed by atoms with E-state index in [0.29, 0.717) is 17.8 Å². The summed E-state index contributed by atoms with van der Waals surface area (Å²) in [5.74, 6) is -0.865. The third-order valence-electron chi connectivity index (χ3n) is 5.04. The van der Waals surface area contributed by atoms with Crippen molar-refractivity contribution in [3.8, 4) is 0 Å². The van der Waals surface area contributed by atoms with Crippen molar-refractivity contribution in [3.63, 3.8) is 0 Å². The number of rotatable bonds is 8. The highest BCUT2D eigenvalue weighted by atomic mass is 35.5. The van der Waals surface area contributed by atoms with Crippen molar-refractivity contribution in [2.24, 2.45) is 0 Å². The van der Waals surface area contributed by atoms with Crippen LogP contribution in [0, 0.1) is 6.92 Å². The zero-order valence-electron chi connectivity index (χ0n) is 17.4. The Morgan fingerprint density at radius 1 is 1.03 bits per heavy atom. The lowest BCUT2D eigenvalue weighted by Crippen LogP contribution is -2.16. The van der Waals surface area contributed by atoms with Crippen molar-refractivity contribution in [1.29, 1.82) is 0 Å². The van der Waals surface area contributed by atoms with E-state index in [4.69, 9.17) is 16.3 Å². The number of hydrogen-bond donors (Lipinski definition) is 0. The number of carbonyl (C=O) groups is 2. The molecule has 0 radical (unpaired) electrons. The van der Waals surface area contributed by atoms with Gasteiger partial charge in [-0.2, -0.15) is 5.10 Å². The summed E-state index contributed by atoms with van der Waals surface area (Å²) in [7, 11) is 0. The topological polar surface area (TPSA) is 61.2 Å². The van der Waals surface area contributed by atoms with Crippen molar-refractivity contribution in [1.82, 2.24) is 9.78 Å². The molecule has 5 nitrogen and oxygen atoms in total. The SMILES string of the molecule is CCc1ccc(CC)c(C(=O)COC(=O)c2c(C)nn(Cc3ccccc3)c2Cl)c1.